The number of nitrogens with zero attached hydrogens (tertiary/aromatic N) is 2. The van der Waals surface area contributed by atoms with Gasteiger partial charge in [-0.25, -0.2) is 9.97 Å². The van der Waals surface area contributed by atoms with Gasteiger partial charge in [-0.05, 0) is 34.5 Å². The Morgan fingerprint density at radius 2 is 2.00 bits per heavy atom. The van der Waals surface area contributed by atoms with Gasteiger partial charge in [-0.1, -0.05) is 37.1 Å². The van der Waals surface area contributed by atoms with Gasteiger partial charge >= 0.3 is 0 Å². The van der Waals surface area contributed by atoms with Gasteiger partial charge in [-0.15, -0.1) is 0 Å². The topological polar surface area (TPSA) is 37.8 Å². The van der Waals surface area contributed by atoms with Crippen molar-refractivity contribution in [3.8, 4) is 11.4 Å². The minimum Gasteiger partial charge on any atom is -0.372 e. The average molecular weight is 341 g/mol. The molecule has 1 N–H and O–H groups in total. The molecule has 3 nitrogen and oxygen atoms in total. The van der Waals surface area contributed by atoms with Crippen LogP contribution in [0.15, 0.2) is 28.7 Å². The molecule has 0 aliphatic carbocycles. The molecule has 19 heavy (non-hydrogen) atoms. The molecule has 0 spiro atoms. The lowest BCUT2D eigenvalue weighted by Gasteiger charge is -2.11. The van der Waals surface area contributed by atoms with Crippen LogP contribution in [-0.2, 0) is 6.42 Å². The van der Waals surface area contributed by atoms with E-state index in [0.717, 1.165) is 34.4 Å². The van der Waals surface area contributed by atoms with Crippen LogP contribution in [0, 0.1) is 0 Å². The SMILES string of the molecule is CCCc1nc(-c2ccccc2Cl)nc(NC)c1Br. The number of aromatic nitrogens is 2. The molecule has 0 aliphatic rings. The van der Waals surface area contributed by atoms with Gasteiger partial charge in [-0.3, -0.25) is 0 Å². The van der Waals surface area contributed by atoms with Crippen LogP contribution in [0.4, 0.5) is 5.82 Å². The lowest BCUT2D eigenvalue weighted by atomic mass is 10.2. The molecule has 0 bridgehead atoms. The molecule has 0 amide bonds. The van der Waals surface area contributed by atoms with Crippen molar-refractivity contribution in [1.82, 2.24) is 9.97 Å². The third kappa shape index (κ3) is 3.07. The number of rotatable bonds is 4. The molecule has 100 valence electrons. The smallest absolute Gasteiger partial charge is 0.163 e. The van der Waals surface area contributed by atoms with Crippen molar-refractivity contribution >= 4 is 33.3 Å². The fourth-order valence-corrected chi connectivity index (χ4v) is 2.62. The van der Waals surface area contributed by atoms with Gasteiger partial charge in [0.25, 0.3) is 0 Å². The summed E-state index contributed by atoms with van der Waals surface area (Å²) in [5.74, 6) is 1.44. The van der Waals surface area contributed by atoms with E-state index < -0.39 is 0 Å². The standard InChI is InChI=1S/C14H15BrClN3/c1-3-6-11-12(15)14(17-2)19-13(18-11)9-7-4-5-8-10(9)16/h4-5,7-8H,3,6H2,1-2H3,(H,17,18,19). The van der Waals surface area contributed by atoms with Crippen molar-refractivity contribution in [2.45, 2.75) is 19.8 Å². The Bertz CT molecular complexity index is 587. The summed E-state index contributed by atoms with van der Waals surface area (Å²) in [6, 6.07) is 7.61. The summed E-state index contributed by atoms with van der Waals surface area (Å²) in [5, 5.41) is 3.74. The summed E-state index contributed by atoms with van der Waals surface area (Å²) in [5.41, 5.74) is 1.85. The van der Waals surface area contributed by atoms with Crippen molar-refractivity contribution in [2.75, 3.05) is 12.4 Å². The number of halogens is 2. The Balaban J connectivity index is 2.58. The molecular formula is C14H15BrClN3. The monoisotopic (exact) mass is 339 g/mol. The van der Waals surface area contributed by atoms with Crippen LogP contribution in [0.1, 0.15) is 19.0 Å². The van der Waals surface area contributed by atoms with Gasteiger partial charge in [-0.2, -0.15) is 0 Å². The fraction of sp³-hybridized carbons (Fsp3) is 0.286. The van der Waals surface area contributed by atoms with Gasteiger partial charge in [0, 0.05) is 12.6 Å². The molecule has 0 radical (unpaired) electrons. The lowest BCUT2D eigenvalue weighted by Crippen LogP contribution is -2.03. The maximum atomic E-state index is 6.21. The van der Waals surface area contributed by atoms with Crippen molar-refractivity contribution in [3.63, 3.8) is 0 Å². The van der Waals surface area contributed by atoms with Crippen LogP contribution in [0.25, 0.3) is 11.4 Å². The summed E-state index contributed by atoms with van der Waals surface area (Å²) >= 11 is 9.76. The minimum atomic E-state index is 0.654. The Hall–Kier alpha value is -1.13. The lowest BCUT2D eigenvalue weighted by molar-refractivity contribution is 0.869. The summed E-state index contributed by atoms with van der Waals surface area (Å²) in [6.45, 7) is 2.13. The van der Waals surface area contributed by atoms with E-state index in [1.165, 1.54) is 0 Å². The molecule has 1 aromatic carbocycles. The maximum Gasteiger partial charge on any atom is 0.163 e. The van der Waals surface area contributed by atoms with Crippen LogP contribution in [0.3, 0.4) is 0 Å². The molecule has 0 aliphatic heterocycles. The molecule has 5 heteroatoms. The molecular weight excluding hydrogens is 326 g/mol. The van der Waals surface area contributed by atoms with E-state index in [0.29, 0.717) is 10.8 Å². The van der Waals surface area contributed by atoms with Crippen molar-refractivity contribution in [1.29, 1.82) is 0 Å². The highest BCUT2D eigenvalue weighted by molar-refractivity contribution is 9.10. The van der Waals surface area contributed by atoms with Crippen molar-refractivity contribution in [2.24, 2.45) is 0 Å². The number of hydrogen-bond acceptors (Lipinski definition) is 3. The predicted molar refractivity (Wildman–Crippen MR) is 83.7 cm³/mol. The summed E-state index contributed by atoms with van der Waals surface area (Å²) in [7, 11) is 1.85. The van der Waals surface area contributed by atoms with Gasteiger partial charge in [0.2, 0.25) is 0 Å². The van der Waals surface area contributed by atoms with E-state index in [1.54, 1.807) is 0 Å². The van der Waals surface area contributed by atoms with E-state index in [2.05, 4.69) is 38.1 Å². The molecule has 1 heterocycles. The third-order valence-corrected chi connectivity index (χ3v) is 3.92. The summed E-state index contributed by atoms with van der Waals surface area (Å²) in [6.07, 6.45) is 1.93. The second kappa shape index (κ2) is 6.35. The molecule has 2 aromatic rings. The minimum absolute atomic E-state index is 0.654. The highest BCUT2D eigenvalue weighted by atomic mass is 79.9. The van der Waals surface area contributed by atoms with Gasteiger partial charge in [0.1, 0.15) is 5.82 Å². The zero-order chi connectivity index (χ0) is 13.8. The zero-order valence-electron chi connectivity index (χ0n) is 10.9. The average Bonchev–Trinajstić information content (AvgIpc) is 2.42. The molecule has 1 aromatic heterocycles. The normalized spacial score (nSPS) is 10.5. The molecule has 0 unspecified atom stereocenters. The number of aryl methyl sites for hydroxylation is 1. The third-order valence-electron chi connectivity index (χ3n) is 2.76. The van der Waals surface area contributed by atoms with Crippen LogP contribution in [0.5, 0.6) is 0 Å². The highest BCUT2D eigenvalue weighted by Crippen LogP contribution is 2.30. The summed E-state index contributed by atoms with van der Waals surface area (Å²) < 4.78 is 0.924. The molecule has 2 rings (SSSR count). The molecule has 0 fully saturated rings. The number of anilines is 1. The van der Waals surface area contributed by atoms with E-state index in [1.807, 2.05) is 31.3 Å². The first-order valence-electron chi connectivity index (χ1n) is 6.16. The van der Waals surface area contributed by atoms with E-state index >= 15 is 0 Å². The predicted octanol–water partition coefficient (Wildman–Crippen LogP) is 4.55. The molecule has 0 saturated heterocycles. The first-order chi connectivity index (χ1) is 9.17. The Morgan fingerprint density at radius 3 is 2.63 bits per heavy atom. The van der Waals surface area contributed by atoms with E-state index in [4.69, 9.17) is 11.6 Å². The first-order valence-corrected chi connectivity index (χ1v) is 7.33. The quantitative estimate of drug-likeness (QED) is 0.887. The van der Waals surface area contributed by atoms with Crippen molar-refractivity contribution < 1.29 is 0 Å². The van der Waals surface area contributed by atoms with E-state index in [9.17, 15) is 0 Å². The first kappa shape index (κ1) is 14.3. The van der Waals surface area contributed by atoms with Gasteiger partial charge in [0.15, 0.2) is 5.82 Å². The maximum absolute atomic E-state index is 6.21. The fourth-order valence-electron chi connectivity index (χ4n) is 1.82. The second-order valence-corrected chi connectivity index (χ2v) is 5.34. The van der Waals surface area contributed by atoms with Crippen LogP contribution in [0.2, 0.25) is 5.02 Å². The number of nitrogens with one attached hydrogen (secondary N) is 1. The number of benzene rings is 1. The Morgan fingerprint density at radius 1 is 1.26 bits per heavy atom. The van der Waals surface area contributed by atoms with Crippen LogP contribution in [-0.4, -0.2) is 17.0 Å². The van der Waals surface area contributed by atoms with Gasteiger partial charge in [0.05, 0.1) is 15.2 Å². The van der Waals surface area contributed by atoms with Crippen LogP contribution < -0.4 is 5.32 Å². The highest BCUT2D eigenvalue weighted by Gasteiger charge is 2.13. The van der Waals surface area contributed by atoms with Gasteiger partial charge < -0.3 is 5.32 Å². The Labute approximate surface area is 126 Å². The summed E-state index contributed by atoms with van der Waals surface area (Å²) in [4.78, 5) is 9.13. The second-order valence-electron chi connectivity index (χ2n) is 4.14. The van der Waals surface area contributed by atoms with E-state index in [-0.39, 0.29) is 0 Å². The molecule has 0 atom stereocenters. The van der Waals surface area contributed by atoms with Crippen molar-refractivity contribution in [3.05, 3.63) is 39.5 Å². The number of hydrogen-bond donors (Lipinski definition) is 1. The Kier molecular flexibility index (Phi) is 4.77. The largest absolute Gasteiger partial charge is 0.372 e. The zero-order valence-corrected chi connectivity index (χ0v) is 13.2. The molecule has 0 saturated carbocycles. The van der Waals surface area contributed by atoms with Crippen LogP contribution >= 0.6 is 27.5 Å².